The van der Waals surface area contributed by atoms with Crippen molar-refractivity contribution in [2.45, 2.75) is 0 Å². The van der Waals surface area contributed by atoms with Gasteiger partial charge in [-0.25, -0.2) is 14.8 Å². The number of piperazine rings is 1. The Bertz CT molecular complexity index is 706. The summed E-state index contributed by atoms with van der Waals surface area (Å²) in [4.78, 5) is 24.3. The molecule has 0 aliphatic carbocycles. The van der Waals surface area contributed by atoms with Crippen molar-refractivity contribution >= 4 is 45.1 Å². The molecule has 23 heavy (non-hydrogen) atoms. The summed E-state index contributed by atoms with van der Waals surface area (Å²) >= 11 is 9.21. The van der Waals surface area contributed by atoms with Crippen molar-refractivity contribution in [1.82, 2.24) is 14.9 Å². The predicted molar refractivity (Wildman–Crippen MR) is 94.0 cm³/mol. The van der Waals surface area contributed by atoms with Crippen molar-refractivity contribution in [3.63, 3.8) is 0 Å². The average Bonchev–Trinajstić information content (AvgIpc) is 2.55. The van der Waals surface area contributed by atoms with Crippen LogP contribution in [0.5, 0.6) is 0 Å². The summed E-state index contributed by atoms with van der Waals surface area (Å²) in [6.07, 6.45) is 1.64. The highest BCUT2D eigenvalue weighted by molar-refractivity contribution is 9.10. The van der Waals surface area contributed by atoms with E-state index in [1.807, 2.05) is 30.3 Å². The number of nitrogens with zero attached hydrogens (tertiary/aromatic N) is 4. The standard InChI is InChI=1S/C15H15BrClN5O/c16-11-2-1-3-12(10-11)19-15(23)22-8-6-21(7-9-22)13-4-5-18-14(17)20-13/h1-5,10H,6-9H2,(H,19,23). The number of rotatable bonds is 2. The van der Waals surface area contributed by atoms with Gasteiger partial charge in [-0.15, -0.1) is 0 Å². The monoisotopic (exact) mass is 395 g/mol. The van der Waals surface area contributed by atoms with E-state index in [2.05, 4.69) is 36.1 Å². The number of hydrogen-bond donors (Lipinski definition) is 1. The first-order valence-electron chi connectivity index (χ1n) is 7.17. The molecule has 0 radical (unpaired) electrons. The number of urea groups is 1. The molecule has 3 rings (SSSR count). The summed E-state index contributed by atoms with van der Waals surface area (Å²) in [7, 11) is 0. The topological polar surface area (TPSA) is 61.4 Å². The molecule has 6 nitrogen and oxygen atoms in total. The van der Waals surface area contributed by atoms with Gasteiger partial charge in [0.1, 0.15) is 5.82 Å². The van der Waals surface area contributed by atoms with E-state index in [1.54, 1.807) is 11.1 Å². The van der Waals surface area contributed by atoms with Crippen molar-refractivity contribution in [2.75, 3.05) is 36.4 Å². The predicted octanol–water partition coefficient (Wildman–Crippen LogP) is 3.25. The highest BCUT2D eigenvalue weighted by atomic mass is 79.9. The normalized spacial score (nSPS) is 14.7. The molecule has 2 amide bonds. The van der Waals surface area contributed by atoms with Crippen LogP contribution in [0.25, 0.3) is 0 Å². The SMILES string of the molecule is O=C(Nc1cccc(Br)c1)N1CCN(c2ccnc(Cl)n2)CC1. The van der Waals surface area contributed by atoms with Gasteiger partial charge in [0.05, 0.1) is 0 Å². The van der Waals surface area contributed by atoms with Gasteiger partial charge in [0.2, 0.25) is 5.28 Å². The van der Waals surface area contributed by atoms with Gasteiger partial charge in [0.15, 0.2) is 0 Å². The number of carbonyl (C=O) groups excluding carboxylic acids is 1. The minimum atomic E-state index is -0.0940. The third-order valence-corrected chi connectivity index (χ3v) is 4.25. The smallest absolute Gasteiger partial charge is 0.321 e. The second-order valence-corrected chi connectivity index (χ2v) is 6.35. The van der Waals surface area contributed by atoms with Crippen molar-refractivity contribution in [3.05, 3.63) is 46.3 Å². The fourth-order valence-corrected chi connectivity index (χ4v) is 2.95. The maximum Gasteiger partial charge on any atom is 0.321 e. The number of amides is 2. The quantitative estimate of drug-likeness (QED) is 0.792. The van der Waals surface area contributed by atoms with E-state index < -0.39 is 0 Å². The number of halogens is 2. The van der Waals surface area contributed by atoms with Gasteiger partial charge in [-0.3, -0.25) is 0 Å². The van der Waals surface area contributed by atoms with Crippen LogP contribution >= 0.6 is 27.5 Å². The van der Waals surface area contributed by atoms with Gasteiger partial charge in [0.25, 0.3) is 0 Å². The number of anilines is 2. The highest BCUT2D eigenvalue weighted by Gasteiger charge is 2.22. The Hall–Kier alpha value is -1.86. The molecule has 1 aliphatic rings. The molecule has 0 saturated carbocycles. The molecule has 0 bridgehead atoms. The fraction of sp³-hybridized carbons (Fsp3) is 0.267. The molecule has 2 heterocycles. The first-order valence-corrected chi connectivity index (χ1v) is 8.34. The molecule has 1 N–H and O–H groups in total. The molecule has 1 aromatic carbocycles. The van der Waals surface area contributed by atoms with Crippen LogP contribution in [0.1, 0.15) is 0 Å². The van der Waals surface area contributed by atoms with Gasteiger partial charge in [-0.1, -0.05) is 22.0 Å². The molecule has 1 saturated heterocycles. The molecule has 1 fully saturated rings. The second kappa shape index (κ2) is 7.14. The lowest BCUT2D eigenvalue weighted by atomic mass is 10.3. The Labute approximate surface area is 147 Å². The summed E-state index contributed by atoms with van der Waals surface area (Å²) < 4.78 is 0.931. The molecule has 0 atom stereocenters. The lowest BCUT2D eigenvalue weighted by Gasteiger charge is -2.35. The zero-order valence-corrected chi connectivity index (χ0v) is 14.6. The largest absolute Gasteiger partial charge is 0.353 e. The average molecular weight is 397 g/mol. The van der Waals surface area contributed by atoms with Crippen LogP contribution in [0.3, 0.4) is 0 Å². The molecule has 0 spiro atoms. The summed E-state index contributed by atoms with van der Waals surface area (Å²) in [6.45, 7) is 2.67. The van der Waals surface area contributed by atoms with E-state index >= 15 is 0 Å². The number of nitrogens with one attached hydrogen (secondary N) is 1. The fourth-order valence-electron chi connectivity index (χ4n) is 2.41. The third kappa shape index (κ3) is 4.11. The van der Waals surface area contributed by atoms with Gasteiger partial charge in [0, 0.05) is 42.5 Å². The Morgan fingerprint density at radius 1 is 1.22 bits per heavy atom. The number of carbonyl (C=O) groups is 1. The van der Waals surface area contributed by atoms with Gasteiger partial charge in [-0.2, -0.15) is 0 Å². The van der Waals surface area contributed by atoms with Crippen molar-refractivity contribution in [1.29, 1.82) is 0 Å². The van der Waals surface area contributed by atoms with Crippen LogP contribution in [-0.4, -0.2) is 47.1 Å². The first-order chi connectivity index (χ1) is 11.1. The Morgan fingerprint density at radius 3 is 2.70 bits per heavy atom. The van der Waals surface area contributed by atoms with E-state index in [-0.39, 0.29) is 11.3 Å². The molecule has 0 unspecified atom stereocenters. The van der Waals surface area contributed by atoms with Gasteiger partial charge < -0.3 is 15.1 Å². The zero-order valence-electron chi connectivity index (χ0n) is 12.2. The molecule has 120 valence electrons. The van der Waals surface area contributed by atoms with Crippen molar-refractivity contribution < 1.29 is 4.79 Å². The molecule has 1 aromatic heterocycles. The molecular formula is C15H15BrClN5O. The maximum absolute atomic E-state index is 12.3. The molecular weight excluding hydrogens is 382 g/mol. The Morgan fingerprint density at radius 2 is 2.00 bits per heavy atom. The number of benzene rings is 1. The van der Waals surface area contributed by atoms with Gasteiger partial charge in [-0.05, 0) is 35.9 Å². The Kier molecular flexibility index (Phi) is 4.97. The van der Waals surface area contributed by atoms with Gasteiger partial charge >= 0.3 is 6.03 Å². The van der Waals surface area contributed by atoms with Crippen LogP contribution in [0.2, 0.25) is 5.28 Å². The van der Waals surface area contributed by atoms with Crippen LogP contribution in [0, 0.1) is 0 Å². The maximum atomic E-state index is 12.3. The lowest BCUT2D eigenvalue weighted by Crippen LogP contribution is -2.50. The Balaban J connectivity index is 1.57. The summed E-state index contributed by atoms with van der Waals surface area (Å²) in [6, 6.07) is 9.27. The van der Waals surface area contributed by atoms with E-state index in [9.17, 15) is 4.79 Å². The van der Waals surface area contributed by atoms with E-state index in [4.69, 9.17) is 11.6 Å². The van der Waals surface area contributed by atoms with Crippen LogP contribution in [0.4, 0.5) is 16.3 Å². The minimum absolute atomic E-state index is 0.0940. The van der Waals surface area contributed by atoms with Crippen LogP contribution < -0.4 is 10.2 Å². The van der Waals surface area contributed by atoms with E-state index in [0.717, 1.165) is 16.0 Å². The highest BCUT2D eigenvalue weighted by Crippen LogP contribution is 2.18. The molecule has 2 aromatic rings. The number of aromatic nitrogens is 2. The van der Waals surface area contributed by atoms with Crippen LogP contribution in [0.15, 0.2) is 41.0 Å². The summed E-state index contributed by atoms with van der Waals surface area (Å²) in [5.74, 6) is 0.789. The first kappa shape index (κ1) is 16.0. The summed E-state index contributed by atoms with van der Waals surface area (Å²) in [5, 5.41) is 3.14. The second-order valence-electron chi connectivity index (χ2n) is 5.10. The summed E-state index contributed by atoms with van der Waals surface area (Å²) in [5.41, 5.74) is 0.773. The third-order valence-electron chi connectivity index (χ3n) is 3.58. The number of hydrogen-bond acceptors (Lipinski definition) is 4. The molecule has 1 aliphatic heterocycles. The van der Waals surface area contributed by atoms with Crippen molar-refractivity contribution in [2.24, 2.45) is 0 Å². The van der Waals surface area contributed by atoms with Crippen molar-refractivity contribution in [3.8, 4) is 0 Å². The van der Waals surface area contributed by atoms with E-state index in [0.29, 0.717) is 26.2 Å². The zero-order chi connectivity index (χ0) is 16.2. The van der Waals surface area contributed by atoms with E-state index in [1.165, 1.54) is 0 Å². The van der Waals surface area contributed by atoms with Crippen LogP contribution in [-0.2, 0) is 0 Å². The lowest BCUT2D eigenvalue weighted by molar-refractivity contribution is 0.208. The molecule has 8 heteroatoms. The minimum Gasteiger partial charge on any atom is -0.353 e.